The lowest BCUT2D eigenvalue weighted by molar-refractivity contribution is -0.0563. The van der Waals surface area contributed by atoms with E-state index in [0.29, 0.717) is 32.1 Å². The fraction of sp³-hybridized carbons (Fsp3) is 0.556. The van der Waals surface area contributed by atoms with Crippen molar-refractivity contribution in [3.8, 4) is 0 Å². The molecule has 8 heteroatoms. The molecule has 26 heavy (non-hydrogen) atoms. The lowest BCUT2D eigenvalue weighted by Crippen LogP contribution is -2.50. The first-order valence-electron chi connectivity index (χ1n) is 8.81. The first-order valence-corrected chi connectivity index (χ1v) is 8.81. The van der Waals surface area contributed by atoms with Gasteiger partial charge in [-0.3, -0.25) is 4.79 Å². The van der Waals surface area contributed by atoms with Crippen molar-refractivity contribution >= 4 is 5.91 Å². The van der Waals surface area contributed by atoms with Gasteiger partial charge in [0, 0.05) is 25.5 Å². The molecule has 2 aromatic rings. The summed E-state index contributed by atoms with van der Waals surface area (Å²) in [6.07, 6.45) is 5.97. The van der Waals surface area contributed by atoms with Crippen molar-refractivity contribution in [3.05, 3.63) is 42.4 Å². The molecule has 0 radical (unpaired) electrons. The van der Waals surface area contributed by atoms with Gasteiger partial charge >= 0.3 is 0 Å². The Morgan fingerprint density at radius 2 is 2.35 bits per heavy atom. The van der Waals surface area contributed by atoms with Gasteiger partial charge in [0.15, 0.2) is 5.76 Å². The number of hydrogen-bond donors (Lipinski definition) is 1. The van der Waals surface area contributed by atoms with Gasteiger partial charge in [0.05, 0.1) is 38.2 Å². The fourth-order valence-electron chi connectivity index (χ4n) is 2.82. The predicted molar refractivity (Wildman–Crippen MR) is 95.0 cm³/mol. The van der Waals surface area contributed by atoms with Crippen LogP contribution in [0, 0.1) is 0 Å². The third kappa shape index (κ3) is 5.17. The Kier molecular flexibility index (Phi) is 6.43. The molecule has 1 saturated heterocycles. The van der Waals surface area contributed by atoms with Gasteiger partial charge in [-0.2, -0.15) is 0 Å². The normalized spacial score (nSPS) is 20.4. The highest BCUT2D eigenvalue weighted by Crippen LogP contribution is 2.14. The number of amides is 1. The van der Waals surface area contributed by atoms with Crippen LogP contribution in [-0.4, -0.2) is 73.0 Å². The van der Waals surface area contributed by atoms with Crippen LogP contribution in [0.5, 0.6) is 0 Å². The number of hydrogen-bond acceptors (Lipinski definition) is 6. The van der Waals surface area contributed by atoms with Crippen LogP contribution in [0.25, 0.3) is 0 Å². The van der Waals surface area contributed by atoms with Gasteiger partial charge < -0.3 is 28.7 Å². The number of rotatable bonds is 8. The SMILES string of the molecule is CN(C)CCO[C@@H]1CCOC[C@@H]1NC(=O)c1ccc(Cn2ccnc2)o1. The van der Waals surface area contributed by atoms with Crippen LogP contribution < -0.4 is 5.32 Å². The van der Waals surface area contributed by atoms with E-state index in [9.17, 15) is 4.79 Å². The van der Waals surface area contributed by atoms with Gasteiger partial charge in [0.1, 0.15) is 5.76 Å². The number of imidazole rings is 1. The van der Waals surface area contributed by atoms with Crippen LogP contribution in [0.2, 0.25) is 0 Å². The van der Waals surface area contributed by atoms with Crippen LogP contribution in [0.15, 0.2) is 35.3 Å². The minimum atomic E-state index is -0.251. The highest BCUT2D eigenvalue weighted by molar-refractivity contribution is 5.91. The summed E-state index contributed by atoms with van der Waals surface area (Å²) in [6, 6.07) is 3.31. The van der Waals surface area contributed by atoms with Crippen LogP contribution in [0.4, 0.5) is 0 Å². The zero-order valence-corrected chi connectivity index (χ0v) is 15.3. The molecule has 3 rings (SSSR count). The van der Waals surface area contributed by atoms with E-state index in [2.05, 4.69) is 15.2 Å². The van der Waals surface area contributed by atoms with Crippen molar-refractivity contribution < 1.29 is 18.7 Å². The van der Waals surface area contributed by atoms with Crippen molar-refractivity contribution in [2.45, 2.75) is 25.1 Å². The molecular weight excluding hydrogens is 336 g/mol. The molecule has 1 aliphatic heterocycles. The summed E-state index contributed by atoms with van der Waals surface area (Å²) in [4.78, 5) is 18.6. The lowest BCUT2D eigenvalue weighted by Gasteiger charge is -2.32. The minimum absolute atomic E-state index is 0.0481. The average Bonchev–Trinajstić information content (AvgIpc) is 3.28. The third-order valence-corrected chi connectivity index (χ3v) is 4.26. The molecule has 142 valence electrons. The number of aromatic nitrogens is 2. The maximum atomic E-state index is 12.5. The molecule has 0 spiro atoms. The zero-order chi connectivity index (χ0) is 18.4. The summed E-state index contributed by atoms with van der Waals surface area (Å²) in [5, 5.41) is 2.98. The van der Waals surface area contributed by atoms with Crippen LogP contribution in [0.1, 0.15) is 22.7 Å². The molecule has 1 amide bonds. The first-order chi connectivity index (χ1) is 12.6. The Morgan fingerprint density at radius 1 is 1.46 bits per heavy atom. The molecule has 2 aromatic heterocycles. The van der Waals surface area contributed by atoms with Crippen LogP contribution in [-0.2, 0) is 16.0 Å². The number of nitrogens with one attached hydrogen (secondary N) is 1. The van der Waals surface area contributed by atoms with E-state index in [4.69, 9.17) is 13.9 Å². The number of furan rings is 1. The largest absolute Gasteiger partial charge is 0.454 e. The third-order valence-electron chi connectivity index (χ3n) is 4.26. The molecule has 1 aliphatic rings. The Hall–Kier alpha value is -2.16. The fourth-order valence-corrected chi connectivity index (χ4v) is 2.82. The molecule has 0 saturated carbocycles. The highest BCUT2D eigenvalue weighted by Gasteiger charge is 2.29. The molecule has 2 atom stereocenters. The number of nitrogens with zero attached hydrogens (tertiary/aromatic N) is 3. The van der Waals surface area contributed by atoms with Crippen molar-refractivity contribution in [3.63, 3.8) is 0 Å². The Balaban J connectivity index is 1.54. The van der Waals surface area contributed by atoms with E-state index in [1.165, 1.54) is 0 Å². The Bertz CT molecular complexity index is 683. The van der Waals surface area contributed by atoms with Gasteiger partial charge in [-0.05, 0) is 32.6 Å². The molecule has 0 aliphatic carbocycles. The van der Waals surface area contributed by atoms with Crippen LogP contribution >= 0.6 is 0 Å². The predicted octanol–water partition coefficient (Wildman–Crippen LogP) is 0.990. The molecule has 0 unspecified atom stereocenters. The second kappa shape index (κ2) is 8.98. The quantitative estimate of drug-likeness (QED) is 0.754. The molecule has 0 bridgehead atoms. The monoisotopic (exact) mass is 362 g/mol. The zero-order valence-electron chi connectivity index (χ0n) is 15.3. The second-order valence-electron chi connectivity index (χ2n) is 6.66. The first kappa shape index (κ1) is 18.6. The van der Waals surface area contributed by atoms with E-state index < -0.39 is 0 Å². The summed E-state index contributed by atoms with van der Waals surface area (Å²) in [7, 11) is 4.01. The smallest absolute Gasteiger partial charge is 0.287 e. The van der Waals surface area contributed by atoms with Crippen molar-refractivity contribution in [2.75, 3.05) is 40.5 Å². The van der Waals surface area contributed by atoms with Gasteiger partial charge in [-0.1, -0.05) is 0 Å². The number of likely N-dealkylation sites (N-methyl/N-ethyl adjacent to an activating group) is 1. The topological polar surface area (TPSA) is 81.8 Å². The summed E-state index contributed by atoms with van der Waals surface area (Å²) < 4.78 is 19.0. The molecular formula is C18H26N4O4. The molecule has 0 aromatic carbocycles. The van der Waals surface area contributed by atoms with E-state index in [1.54, 1.807) is 24.7 Å². The number of carbonyl (C=O) groups excluding carboxylic acids is 1. The maximum absolute atomic E-state index is 12.5. The molecule has 3 heterocycles. The average molecular weight is 362 g/mol. The van der Waals surface area contributed by atoms with E-state index in [0.717, 1.165) is 13.0 Å². The summed E-state index contributed by atoms with van der Waals surface area (Å²) >= 11 is 0. The van der Waals surface area contributed by atoms with E-state index in [1.807, 2.05) is 24.9 Å². The second-order valence-corrected chi connectivity index (χ2v) is 6.66. The standard InChI is InChI=1S/C18H26N4O4/c1-21(2)8-10-25-16-5-9-24-12-15(16)20-18(23)17-4-3-14(26-17)11-22-7-6-19-13-22/h3-4,6-7,13,15-16H,5,8-12H2,1-2H3,(H,20,23)/t15-,16+/m0/s1. The number of carbonyl (C=O) groups is 1. The summed E-state index contributed by atoms with van der Waals surface area (Å²) in [6.45, 7) is 3.10. The van der Waals surface area contributed by atoms with Crippen molar-refractivity contribution in [2.24, 2.45) is 0 Å². The van der Waals surface area contributed by atoms with E-state index in [-0.39, 0.29) is 23.8 Å². The minimum Gasteiger partial charge on any atom is -0.454 e. The van der Waals surface area contributed by atoms with Crippen molar-refractivity contribution in [1.82, 2.24) is 19.8 Å². The molecule has 1 N–H and O–H groups in total. The van der Waals surface area contributed by atoms with Crippen LogP contribution in [0.3, 0.4) is 0 Å². The lowest BCUT2D eigenvalue weighted by atomic mass is 10.1. The maximum Gasteiger partial charge on any atom is 0.287 e. The van der Waals surface area contributed by atoms with Gasteiger partial charge in [0.2, 0.25) is 0 Å². The van der Waals surface area contributed by atoms with Crippen molar-refractivity contribution in [1.29, 1.82) is 0 Å². The molecule has 8 nitrogen and oxygen atoms in total. The van der Waals surface area contributed by atoms with Gasteiger partial charge in [-0.15, -0.1) is 0 Å². The van der Waals surface area contributed by atoms with Gasteiger partial charge in [0.25, 0.3) is 5.91 Å². The highest BCUT2D eigenvalue weighted by atomic mass is 16.5. The van der Waals surface area contributed by atoms with E-state index >= 15 is 0 Å². The number of ether oxygens (including phenoxy) is 2. The summed E-state index contributed by atoms with van der Waals surface area (Å²) in [5.41, 5.74) is 0. The summed E-state index contributed by atoms with van der Waals surface area (Å²) in [5.74, 6) is 0.739. The Morgan fingerprint density at radius 3 is 3.12 bits per heavy atom. The van der Waals surface area contributed by atoms with Gasteiger partial charge in [-0.25, -0.2) is 4.98 Å². The molecule has 1 fully saturated rings. The Labute approximate surface area is 153 Å².